The van der Waals surface area contributed by atoms with Crippen molar-refractivity contribution in [3.8, 4) is 0 Å². The lowest BCUT2D eigenvalue weighted by Crippen LogP contribution is -2.35. The molecule has 0 unspecified atom stereocenters. The Morgan fingerprint density at radius 2 is 2.00 bits per heavy atom. The molecule has 0 saturated heterocycles. The lowest BCUT2D eigenvalue weighted by atomic mass is 10.2. The van der Waals surface area contributed by atoms with Crippen molar-refractivity contribution >= 4 is 15.7 Å². The van der Waals surface area contributed by atoms with Crippen LogP contribution in [-0.2, 0) is 10.0 Å². The molecule has 1 heterocycles. The molecule has 0 aliphatic carbocycles. The number of nitrogen functional groups attached to an aromatic ring is 1. The highest BCUT2D eigenvalue weighted by Crippen LogP contribution is 2.25. The molecule has 0 saturated carbocycles. The number of benzene rings is 1. The van der Waals surface area contributed by atoms with Gasteiger partial charge in [-0.25, -0.2) is 12.8 Å². The maximum Gasteiger partial charge on any atom is 0.243 e. The third kappa shape index (κ3) is 2.64. The Labute approximate surface area is 112 Å². The number of anilines is 1. The van der Waals surface area contributed by atoms with Crippen LogP contribution < -0.4 is 5.73 Å². The van der Waals surface area contributed by atoms with Crippen LogP contribution in [0.25, 0.3) is 0 Å². The lowest BCUT2D eigenvalue weighted by molar-refractivity contribution is 0.427. The van der Waals surface area contributed by atoms with Gasteiger partial charge in [0.2, 0.25) is 10.0 Å². The minimum Gasteiger partial charge on any atom is -0.398 e. The summed E-state index contributed by atoms with van der Waals surface area (Å²) in [4.78, 5) is -0.0807. The van der Waals surface area contributed by atoms with Crippen molar-refractivity contribution in [1.29, 1.82) is 0 Å². The molecule has 0 bridgehead atoms. The number of nitrogens with zero attached hydrogens (tertiary/aromatic N) is 1. The van der Waals surface area contributed by atoms with Crippen LogP contribution in [0.3, 0.4) is 0 Å². The van der Waals surface area contributed by atoms with Gasteiger partial charge in [-0.15, -0.1) is 0 Å². The first-order chi connectivity index (χ1) is 8.82. The zero-order valence-corrected chi connectivity index (χ0v) is 11.8. The molecule has 6 heteroatoms. The summed E-state index contributed by atoms with van der Waals surface area (Å²) in [5.41, 5.74) is 7.06. The largest absolute Gasteiger partial charge is 0.398 e. The number of sulfonamides is 1. The number of hydrogen-bond donors (Lipinski definition) is 1. The second kappa shape index (κ2) is 4.94. The highest BCUT2D eigenvalue weighted by Gasteiger charge is 2.27. The molecule has 0 fully saturated rings. The second-order valence-electron chi connectivity index (χ2n) is 4.80. The Hall–Kier alpha value is -1.40. The lowest BCUT2D eigenvalue weighted by Gasteiger charge is -2.25. The Morgan fingerprint density at radius 1 is 1.32 bits per heavy atom. The fourth-order valence-electron chi connectivity index (χ4n) is 2.05. The van der Waals surface area contributed by atoms with Gasteiger partial charge < -0.3 is 5.73 Å². The van der Waals surface area contributed by atoms with E-state index in [9.17, 15) is 12.8 Å². The van der Waals surface area contributed by atoms with Crippen LogP contribution in [-0.4, -0.2) is 25.8 Å². The Morgan fingerprint density at radius 3 is 2.58 bits per heavy atom. The number of nitrogens with two attached hydrogens (primary N) is 1. The van der Waals surface area contributed by atoms with Crippen LogP contribution in [0.5, 0.6) is 0 Å². The van der Waals surface area contributed by atoms with E-state index in [2.05, 4.69) is 0 Å². The van der Waals surface area contributed by atoms with E-state index in [-0.39, 0.29) is 16.1 Å². The van der Waals surface area contributed by atoms with E-state index in [0.717, 1.165) is 11.6 Å². The van der Waals surface area contributed by atoms with E-state index in [4.69, 9.17) is 5.73 Å². The molecular formula is C13H17FN2O2S. The predicted octanol–water partition coefficient (Wildman–Crippen LogP) is 2.06. The SMILES string of the molecule is CC1=CCCN(S(=O)(=O)c2cc(N)c(C)c(F)c2)C1. The highest BCUT2D eigenvalue weighted by atomic mass is 32.2. The van der Waals surface area contributed by atoms with Crippen molar-refractivity contribution in [2.45, 2.75) is 25.2 Å². The fourth-order valence-corrected chi connectivity index (χ4v) is 3.60. The third-order valence-electron chi connectivity index (χ3n) is 3.29. The van der Waals surface area contributed by atoms with E-state index in [1.165, 1.54) is 17.3 Å². The van der Waals surface area contributed by atoms with Crippen molar-refractivity contribution in [1.82, 2.24) is 4.31 Å². The van der Waals surface area contributed by atoms with Gasteiger partial charge in [0, 0.05) is 24.3 Å². The number of hydrogen-bond acceptors (Lipinski definition) is 3. The van der Waals surface area contributed by atoms with Gasteiger partial charge in [-0.05, 0) is 32.4 Å². The highest BCUT2D eigenvalue weighted by molar-refractivity contribution is 7.89. The van der Waals surface area contributed by atoms with Crippen LogP contribution in [0, 0.1) is 12.7 Å². The first-order valence-corrected chi connectivity index (χ1v) is 7.48. The zero-order chi connectivity index (χ0) is 14.2. The molecule has 2 N–H and O–H groups in total. The summed E-state index contributed by atoms with van der Waals surface area (Å²) in [6, 6.07) is 2.36. The minimum absolute atomic E-state index is 0.0807. The van der Waals surface area contributed by atoms with Crippen molar-refractivity contribution in [3.05, 3.63) is 35.2 Å². The van der Waals surface area contributed by atoms with Crippen molar-refractivity contribution in [3.63, 3.8) is 0 Å². The van der Waals surface area contributed by atoms with Gasteiger partial charge in [0.1, 0.15) is 5.82 Å². The van der Waals surface area contributed by atoms with Crippen LogP contribution in [0.1, 0.15) is 18.9 Å². The van der Waals surface area contributed by atoms with Gasteiger partial charge in [0.05, 0.1) is 4.90 Å². The molecule has 1 aromatic carbocycles. The van der Waals surface area contributed by atoms with Gasteiger partial charge in [-0.2, -0.15) is 4.31 Å². The first-order valence-electron chi connectivity index (χ1n) is 6.04. The number of halogens is 1. The molecule has 0 spiro atoms. The van der Waals surface area contributed by atoms with Crippen LogP contribution in [0.2, 0.25) is 0 Å². The van der Waals surface area contributed by atoms with Gasteiger partial charge in [0.15, 0.2) is 0 Å². The Balaban J connectivity index is 2.43. The molecule has 1 aliphatic heterocycles. The molecule has 104 valence electrons. The fraction of sp³-hybridized carbons (Fsp3) is 0.385. The molecule has 0 atom stereocenters. The summed E-state index contributed by atoms with van der Waals surface area (Å²) in [5, 5.41) is 0. The molecule has 1 aliphatic rings. The maximum atomic E-state index is 13.6. The summed E-state index contributed by atoms with van der Waals surface area (Å²) in [6.45, 7) is 4.16. The molecular weight excluding hydrogens is 267 g/mol. The van der Waals surface area contributed by atoms with E-state index >= 15 is 0 Å². The van der Waals surface area contributed by atoms with Gasteiger partial charge >= 0.3 is 0 Å². The van der Waals surface area contributed by atoms with E-state index in [0.29, 0.717) is 19.5 Å². The van der Waals surface area contributed by atoms with E-state index < -0.39 is 15.8 Å². The molecule has 1 aromatic rings. The topological polar surface area (TPSA) is 63.4 Å². The third-order valence-corrected chi connectivity index (χ3v) is 5.12. The number of rotatable bonds is 2. The van der Waals surface area contributed by atoms with Crippen LogP contribution in [0.15, 0.2) is 28.7 Å². The molecule has 0 radical (unpaired) electrons. The Bertz CT molecular complexity index is 615. The summed E-state index contributed by atoms with van der Waals surface area (Å²) >= 11 is 0. The molecule has 2 rings (SSSR count). The smallest absolute Gasteiger partial charge is 0.243 e. The molecule has 0 amide bonds. The summed E-state index contributed by atoms with van der Waals surface area (Å²) in [5.74, 6) is -0.595. The Kier molecular flexibility index (Phi) is 3.64. The van der Waals surface area contributed by atoms with Gasteiger partial charge in [-0.3, -0.25) is 0 Å². The molecule has 0 aromatic heterocycles. The summed E-state index contributed by atoms with van der Waals surface area (Å²) in [6.07, 6.45) is 2.69. The second-order valence-corrected chi connectivity index (χ2v) is 6.74. The van der Waals surface area contributed by atoms with E-state index in [1.807, 2.05) is 13.0 Å². The molecule has 4 nitrogen and oxygen atoms in total. The minimum atomic E-state index is -3.68. The molecule has 19 heavy (non-hydrogen) atoms. The monoisotopic (exact) mass is 284 g/mol. The maximum absolute atomic E-state index is 13.6. The average molecular weight is 284 g/mol. The summed E-state index contributed by atoms with van der Waals surface area (Å²) in [7, 11) is -3.68. The summed E-state index contributed by atoms with van der Waals surface area (Å²) < 4.78 is 39.8. The zero-order valence-electron chi connectivity index (χ0n) is 11.0. The standard InChI is InChI=1S/C13H17FN2O2S/c1-9-4-3-5-16(8-9)19(17,18)11-6-12(14)10(2)13(15)7-11/h4,6-7H,3,5,8,15H2,1-2H3. The van der Waals surface area contributed by atoms with Crippen molar-refractivity contribution in [2.24, 2.45) is 0 Å². The van der Waals surface area contributed by atoms with Crippen LogP contribution >= 0.6 is 0 Å². The average Bonchev–Trinajstić information content (AvgIpc) is 2.35. The van der Waals surface area contributed by atoms with Crippen LogP contribution in [0.4, 0.5) is 10.1 Å². The normalized spacial score (nSPS) is 17.3. The van der Waals surface area contributed by atoms with Gasteiger partial charge in [0.25, 0.3) is 0 Å². The quantitative estimate of drug-likeness (QED) is 0.668. The first kappa shape index (κ1) is 14.0. The van der Waals surface area contributed by atoms with Crippen molar-refractivity contribution < 1.29 is 12.8 Å². The predicted molar refractivity (Wildman–Crippen MR) is 72.7 cm³/mol. The van der Waals surface area contributed by atoms with Gasteiger partial charge in [-0.1, -0.05) is 11.6 Å². The van der Waals surface area contributed by atoms with Crippen molar-refractivity contribution in [2.75, 3.05) is 18.8 Å². The van der Waals surface area contributed by atoms with E-state index in [1.54, 1.807) is 0 Å².